The lowest BCUT2D eigenvalue weighted by Gasteiger charge is -2.60. The van der Waals surface area contributed by atoms with E-state index in [4.69, 9.17) is 0 Å². The van der Waals surface area contributed by atoms with Crippen molar-refractivity contribution in [2.24, 2.45) is 11.3 Å². The van der Waals surface area contributed by atoms with E-state index in [-0.39, 0.29) is 29.7 Å². The molecule has 6 heteroatoms. The summed E-state index contributed by atoms with van der Waals surface area (Å²) in [5, 5.41) is 10.8. The lowest BCUT2D eigenvalue weighted by Crippen LogP contribution is -2.65. The minimum atomic E-state index is -0.692. The van der Waals surface area contributed by atoms with Gasteiger partial charge >= 0.3 is 5.97 Å². The Balaban J connectivity index is 1.33. The number of aromatic nitrogens is 1. The van der Waals surface area contributed by atoms with Crippen molar-refractivity contribution in [1.29, 1.82) is 0 Å². The highest BCUT2D eigenvalue weighted by atomic mass is 19.1. The number of halogens is 1. The van der Waals surface area contributed by atoms with Crippen LogP contribution in [0.1, 0.15) is 55.6 Å². The van der Waals surface area contributed by atoms with Gasteiger partial charge in [0.25, 0.3) is 0 Å². The van der Waals surface area contributed by atoms with E-state index < -0.39 is 11.4 Å². The summed E-state index contributed by atoms with van der Waals surface area (Å²) in [6, 6.07) is 14.7. The second kappa shape index (κ2) is 7.44. The molecule has 4 aliphatic rings. The molecular weight excluding hydrogens is 419 g/mol. The maximum Gasteiger partial charge on any atom is 0.309 e. The normalized spacial score (nSPS) is 28.9. The average Bonchev–Trinajstić information content (AvgIpc) is 3.20. The predicted molar refractivity (Wildman–Crippen MR) is 122 cm³/mol. The van der Waals surface area contributed by atoms with Crippen molar-refractivity contribution < 1.29 is 19.1 Å². The quantitative estimate of drug-likeness (QED) is 0.575. The number of hydrogen-bond donors (Lipinski definition) is 2. The van der Waals surface area contributed by atoms with Crippen LogP contribution in [0.5, 0.6) is 0 Å². The molecule has 2 aliphatic carbocycles. The van der Waals surface area contributed by atoms with Crippen molar-refractivity contribution in [1.82, 2.24) is 9.88 Å². The van der Waals surface area contributed by atoms with Crippen LogP contribution in [-0.2, 0) is 9.59 Å². The molecular formula is C27H27FN2O3. The molecule has 2 saturated carbocycles. The number of aromatic amines is 1. The molecule has 0 spiro atoms. The van der Waals surface area contributed by atoms with Crippen LogP contribution >= 0.6 is 0 Å². The van der Waals surface area contributed by atoms with Crippen LogP contribution in [0.2, 0.25) is 0 Å². The molecule has 3 heterocycles. The Morgan fingerprint density at radius 2 is 1.82 bits per heavy atom. The number of hydrogen-bond acceptors (Lipinski definition) is 2. The second-order valence-corrected chi connectivity index (χ2v) is 10.2. The van der Waals surface area contributed by atoms with Crippen molar-refractivity contribution in [3.8, 4) is 0 Å². The Labute approximate surface area is 191 Å². The van der Waals surface area contributed by atoms with E-state index in [1.165, 1.54) is 12.1 Å². The van der Waals surface area contributed by atoms with E-state index in [2.05, 4.69) is 4.98 Å². The monoisotopic (exact) mass is 446 g/mol. The fourth-order valence-electron chi connectivity index (χ4n) is 7.08. The molecule has 3 aromatic rings. The molecule has 2 aromatic carbocycles. The summed E-state index contributed by atoms with van der Waals surface area (Å²) in [6.07, 6.45) is 5.94. The van der Waals surface area contributed by atoms with Gasteiger partial charge in [-0.15, -0.1) is 0 Å². The minimum Gasteiger partial charge on any atom is -0.481 e. The third-order valence-corrected chi connectivity index (χ3v) is 8.30. The molecule has 1 amide bonds. The van der Waals surface area contributed by atoms with Gasteiger partial charge in [-0.3, -0.25) is 9.59 Å². The zero-order chi connectivity index (χ0) is 22.7. The lowest BCUT2D eigenvalue weighted by molar-refractivity contribution is -0.178. The van der Waals surface area contributed by atoms with Crippen LogP contribution < -0.4 is 0 Å². The van der Waals surface area contributed by atoms with Gasteiger partial charge in [-0.2, -0.15) is 0 Å². The summed E-state index contributed by atoms with van der Waals surface area (Å²) >= 11 is 0. The number of fused-ring (bicyclic) bond motifs is 1. The molecule has 0 radical (unpaired) electrons. The Morgan fingerprint density at radius 3 is 2.52 bits per heavy atom. The van der Waals surface area contributed by atoms with E-state index in [0.717, 1.165) is 41.3 Å². The van der Waals surface area contributed by atoms with Crippen LogP contribution in [0.25, 0.3) is 10.9 Å². The Bertz CT molecular complexity index is 1220. The molecule has 170 valence electrons. The largest absolute Gasteiger partial charge is 0.481 e. The van der Waals surface area contributed by atoms with Gasteiger partial charge < -0.3 is 15.0 Å². The molecule has 2 N–H and O–H groups in total. The summed E-state index contributed by atoms with van der Waals surface area (Å²) in [5.74, 6) is -0.647. The molecule has 4 fully saturated rings. The number of carboxylic acids is 1. The highest BCUT2D eigenvalue weighted by molar-refractivity contribution is 5.86. The van der Waals surface area contributed by atoms with Crippen LogP contribution in [0.4, 0.5) is 4.39 Å². The van der Waals surface area contributed by atoms with E-state index in [0.29, 0.717) is 25.2 Å². The first-order chi connectivity index (χ1) is 15.9. The maximum atomic E-state index is 13.8. The zero-order valence-electron chi connectivity index (χ0n) is 18.3. The van der Waals surface area contributed by atoms with Gasteiger partial charge in [-0.1, -0.05) is 30.3 Å². The zero-order valence-corrected chi connectivity index (χ0v) is 18.3. The number of carboxylic acid groups (broad SMARTS) is 1. The van der Waals surface area contributed by atoms with Gasteiger partial charge in [-0.25, -0.2) is 4.39 Å². The third-order valence-electron chi connectivity index (χ3n) is 8.30. The van der Waals surface area contributed by atoms with Crippen molar-refractivity contribution in [2.45, 2.75) is 56.5 Å². The summed E-state index contributed by atoms with van der Waals surface area (Å²) in [5.41, 5.74) is 2.10. The van der Waals surface area contributed by atoms with Crippen molar-refractivity contribution >= 4 is 22.8 Å². The smallest absolute Gasteiger partial charge is 0.309 e. The number of aliphatic carboxylic acids is 1. The number of nitrogens with one attached hydrogen (secondary N) is 1. The van der Waals surface area contributed by atoms with Gasteiger partial charge in [0.05, 0.1) is 5.41 Å². The first-order valence-electron chi connectivity index (χ1n) is 11.8. The number of benzene rings is 2. The predicted octanol–water partition coefficient (Wildman–Crippen LogP) is 5.07. The van der Waals surface area contributed by atoms with E-state index >= 15 is 0 Å². The van der Waals surface area contributed by atoms with E-state index in [1.54, 1.807) is 6.07 Å². The minimum absolute atomic E-state index is 0.0216. The van der Waals surface area contributed by atoms with Gasteiger partial charge in [-0.05, 0) is 67.3 Å². The van der Waals surface area contributed by atoms with Crippen molar-refractivity contribution in [3.05, 3.63) is 71.7 Å². The van der Waals surface area contributed by atoms with Gasteiger partial charge in [0.1, 0.15) is 5.82 Å². The number of carbonyl (C=O) groups excluding carboxylic acids is 1. The number of rotatable bonds is 5. The number of carbonyl (C=O) groups is 2. The highest BCUT2D eigenvalue weighted by Crippen LogP contribution is 2.56. The molecule has 7 rings (SSSR count). The fraction of sp³-hybridized carbons (Fsp3) is 0.407. The molecule has 1 aromatic heterocycles. The summed E-state index contributed by atoms with van der Waals surface area (Å²) < 4.78 is 13.8. The van der Waals surface area contributed by atoms with Crippen LogP contribution in [-0.4, -0.2) is 39.0 Å². The summed E-state index contributed by atoms with van der Waals surface area (Å²) in [6.45, 7) is 0. The molecule has 3 unspecified atom stereocenters. The van der Waals surface area contributed by atoms with Gasteiger partial charge in [0.15, 0.2) is 0 Å². The fourth-order valence-corrected chi connectivity index (χ4v) is 7.08. The first kappa shape index (κ1) is 20.5. The summed E-state index contributed by atoms with van der Waals surface area (Å²) in [4.78, 5) is 31.0. The number of H-pyrrole nitrogens is 1. The molecule has 3 atom stereocenters. The highest BCUT2D eigenvalue weighted by Gasteiger charge is 2.59. The SMILES string of the molecule is O=C(CC(c1ccccc1)c1c[nH]c2cc(F)ccc12)N1C2CC3CC1CC(C(=O)O)(C3)C2. The van der Waals surface area contributed by atoms with Crippen LogP contribution in [0, 0.1) is 17.2 Å². The average molecular weight is 447 g/mol. The van der Waals surface area contributed by atoms with E-state index in [1.807, 2.05) is 41.4 Å². The van der Waals surface area contributed by atoms with Crippen LogP contribution in [0.3, 0.4) is 0 Å². The summed E-state index contributed by atoms with van der Waals surface area (Å²) in [7, 11) is 0. The lowest BCUT2D eigenvalue weighted by atomic mass is 9.55. The van der Waals surface area contributed by atoms with Crippen molar-refractivity contribution in [2.75, 3.05) is 0 Å². The Morgan fingerprint density at radius 1 is 1.09 bits per heavy atom. The maximum absolute atomic E-state index is 13.8. The second-order valence-electron chi connectivity index (χ2n) is 10.2. The Hall–Kier alpha value is -3.15. The van der Waals surface area contributed by atoms with Crippen molar-refractivity contribution in [3.63, 3.8) is 0 Å². The first-order valence-corrected chi connectivity index (χ1v) is 11.8. The van der Waals surface area contributed by atoms with Gasteiger partial charge in [0, 0.05) is 41.5 Å². The molecule has 33 heavy (non-hydrogen) atoms. The van der Waals surface area contributed by atoms with Gasteiger partial charge in [0.2, 0.25) is 5.91 Å². The van der Waals surface area contributed by atoms with Crippen LogP contribution in [0.15, 0.2) is 54.7 Å². The topological polar surface area (TPSA) is 73.4 Å². The molecule has 2 aliphatic heterocycles. The molecule has 4 bridgehead atoms. The molecule has 2 saturated heterocycles. The van der Waals surface area contributed by atoms with E-state index in [9.17, 15) is 19.1 Å². The standard InChI is InChI=1S/C27H27FN2O3/c28-18-6-7-21-23(15-29-24(21)10-18)22(17-4-2-1-3-5-17)11-25(31)30-19-8-16-9-20(30)14-27(12-16,13-19)26(32)33/h1-7,10,15-16,19-20,22,29H,8-9,11-14H2,(H,32,33). The number of nitrogens with zero attached hydrogens (tertiary/aromatic N) is 1. The third kappa shape index (κ3) is 3.26. The molecule has 5 nitrogen and oxygen atoms in total. The Kier molecular flexibility index (Phi) is 4.61. The number of piperidine rings is 2. The number of amides is 1.